The van der Waals surface area contributed by atoms with Gasteiger partial charge in [-0.3, -0.25) is 9.59 Å². The second-order valence-electron chi connectivity index (χ2n) is 11.8. The summed E-state index contributed by atoms with van der Waals surface area (Å²) in [5, 5.41) is 4.13. The molecule has 3 atom stereocenters. The molecule has 8 nitrogen and oxygen atoms in total. The lowest BCUT2D eigenvalue weighted by Gasteiger charge is -2.44. The van der Waals surface area contributed by atoms with Crippen molar-refractivity contribution in [3.8, 4) is 11.5 Å². The normalized spacial score (nSPS) is 23.2. The Balaban J connectivity index is 1.41. The number of carbonyl (C=O) groups is 2. The van der Waals surface area contributed by atoms with Gasteiger partial charge >= 0.3 is 0 Å². The zero-order chi connectivity index (χ0) is 28.4. The summed E-state index contributed by atoms with van der Waals surface area (Å²) in [6.45, 7) is 10.9. The van der Waals surface area contributed by atoms with Crippen LogP contribution in [0, 0.1) is 11.8 Å². The molecule has 2 aliphatic heterocycles. The Labute approximate surface area is 237 Å². The molecular formula is C32H42N4O4. The van der Waals surface area contributed by atoms with Gasteiger partial charge in [-0.15, -0.1) is 0 Å². The van der Waals surface area contributed by atoms with Crippen LogP contribution in [0.25, 0.3) is 10.9 Å². The van der Waals surface area contributed by atoms with Gasteiger partial charge in [0, 0.05) is 36.7 Å². The van der Waals surface area contributed by atoms with E-state index in [0.717, 1.165) is 42.5 Å². The molecule has 8 heteroatoms. The highest BCUT2D eigenvalue weighted by Crippen LogP contribution is 2.35. The monoisotopic (exact) mass is 546 g/mol. The number of rotatable bonds is 9. The second-order valence-corrected chi connectivity index (χ2v) is 11.8. The molecule has 0 unspecified atom stereocenters. The number of hydrogen-bond donors (Lipinski definition) is 1. The second kappa shape index (κ2) is 11.5. The Morgan fingerprint density at radius 1 is 1.05 bits per heavy atom. The number of hydrogen-bond acceptors (Lipinski definition) is 5. The standard InChI is InChI=1S/C32H42N4O4/c1-22-15-23(2)19-34(18-22)14-8-13-33-31(38)32(3)21-35-27-17-26(39-4)12-11-24(27)16-28(35)30(37)36(32)20-25-9-6-7-10-29(25)40-5/h6-7,9-12,16-17,22-23H,8,13-15,18-21H2,1-5H3,(H,33,38)/t22-,23+,32-/m1/s1. The van der Waals surface area contributed by atoms with Gasteiger partial charge in [0.05, 0.1) is 32.8 Å². The van der Waals surface area contributed by atoms with Crippen molar-refractivity contribution in [3.63, 3.8) is 0 Å². The highest BCUT2D eigenvalue weighted by Gasteiger charge is 2.47. The van der Waals surface area contributed by atoms with Crippen LogP contribution < -0.4 is 14.8 Å². The van der Waals surface area contributed by atoms with Crippen LogP contribution in [0.1, 0.15) is 49.7 Å². The minimum atomic E-state index is -1.10. The number of nitrogens with one attached hydrogen (secondary N) is 1. The number of methoxy groups -OCH3 is 2. The third kappa shape index (κ3) is 5.42. The molecule has 0 spiro atoms. The first-order chi connectivity index (χ1) is 19.2. The van der Waals surface area contributed by atoms with Gasteiger partial charge in [0.2, 0.25) is 5.91 Å². The van der Waals surface area contributed by atoms with Crippen LogP contribution in [0.4, 0.5) is 0 Å². The molecule has 2 aliphatic rings. The molecular weight excluding hydrogens is 504 g/mol. The SMILES string of the molecule is COc1ccc2cc3n(c2c1)C[C@](C)(C(=O)NCCCN1C[C@H](C)C[C@H](C)C1)N(Cc1ccccc1OC)C3=O. The van der Waals surface area contributed by atoms with Crippen LogP contribution in [0.5, 0.6) is 11.5 Å². The van der Waals surface area contributed by atoms with Crippen LogP contribution in [0.2, 0.25) is 0 Å². The number of piperidine rings is 1. The average Bonchev–Trinajstić information content (AvgIpc) is 3.30. The first-order valence-electron chi connectivity index (χ1n) is 14.3. The van der Waals surface area contributed by atoms with E-state index in [1.165, 1.54) is 6.42 Å². The maximum atomic E-state index is 14.1. The molecule has 2 aromatic carbocycles. The van der Waals surface area contributed by atoms with E-state index >= 15 is 0 Å². The third-order valence-electron chi connectivity index (χ3n) is 8.53. The number of carbonyl (C=O) groups excluding carboxylic acids is 2. The summed E-state index contributed by atoms with van der Waals surface area (Å²) in [6, 6.07) is 15.3. The Morgan fingerprint density at radius 3 is 2.52 bits per heavy atom. The van der Waals surface area contributed by atoms with Gasteiger partial charge in [-0.25, -0.2) is 0 Å². The van der Waals surface area contributed by atoms with Crippen molar-refractivity contribution in [2.24, 2.45) is 11.8 Å². The number of amides is 2. The zero-order valence-electron chi connectivity index (χ0n) is 24.4. The minimum Gasteiger partial charge on any atom is -0.497 e. The van der Waals surface area contributed by atoms with Crippen LogP contribution >= 0.6 is 0 Å². The summed E-state index contributed by atoms with van der Waals surface area (Å²) in [5.74, 6) is 2.49. The molecule has 3 heterocycles. The summed E-state index contributed by atoms with van der Waals surface area (Å²) in [7, 11) is 3.25. The molecule has 3 aromatic rings. The molecule has 1 saturated heterocycles. The number of aromatic nitrogens is 1. The molecule has 40 heavy (non-hydrogen) atoms. The number of likely N-dealkylation sites (tertiary alicyclic amines) is 1. The van der Waals surface area contributed by atoms with Gasteiger partial charge in [-0.2, -0.15) is 0 Å². The van der Waals surface area contributed by atoms with E-state index in [1.807, 2.05) is 60.0 Å². The summed E-state index contributed by atoms with van der Waals surface area (Å²) in [5.41, 5.74) is 1.20. The van der Waals surface area contributed by atoms with Gasteiger partial charge in [0.15, 0.2) is 0 Å². The summed E-state index contributed by atoms with van der Waals surface area (Å²) in [6.07, 6.45) is 2.15. The van der Waals surface area contributed by atoms with E-state index in [4.69, 9.17) is 9.47 Å². The van der Waals surface area contributed by atoms with Crippen molar-refractivity contribution in [1.82, 2.24) is 19.7 Å². The van der Waals surface area contributed by atoms with E-state index in [0.29, 0.717) is 42.1 Å². The Kier molecular flexibility index (Phi) is 8.08. The van der Waals surface area contributed by atoms with Crippen LogP contribution in [0.15, 0.2) is 48.5 Å². The molecule has 1 fully saturated rings. The van der Waals surface area contributed by atoms with E-state index in [-0.39, 0.29) is 18.4 Å². The highest BCUT2D eigenvalue weighted by molar-refractivity contribution is 6.03. The molecule has 1 N–H and O–H groups in total. The number of para-hydroxylation sites is 1. The molecule has 1 aromatic heterocycles. The van der Waals surface area contributed by atoms with Gasteiger partial charge in [-0.1, -0.05) is 32.0 Å². The van der Waals surface area contributed by atoms with E-state index in [9.17, 15) is 9.59 Å². The van der Waals surface area contributed by atoms with Crippen LogP contribution in [-0.4, -0.2) is 72.1 Å². The van der Waals surface area contributed by atoms with E-state index in [2.05, 4.69) is 24.1 Å². The average molecular weight is 547 g/mol. The van der Waals surface area contributed by atoms with Gasteiger partial charge in [0.1, 0.15) is 22.7 Å². The largest absolute Gasteiger partial charge is 0.497 e. The van der Waals surface area contributed by atoms with E-state index < -0.39 is 5.54 Å². The predicted molar refractivity (Wildman–Crippen MR) is 157 cm³/mol. The van der Waals surface area contributed by atoms with Gasteiger partial charge < -0.3 is 29.2 Å². The number of nitrogens with zero attached hydrogens (tertiary/aromatic N) is 3. The smallest absolute Gasteiger partial charge is 0.271 e. The first kappa shape index (κ1) is 28.0. The number of benzene rings is 2. The van der Waals surface area contributed by atoms with Gasteiger partial charge in [0.25, 0.3) is 5.91 Å². The molecule has 0 aliphatic carbocycles. The predicted octanol–water partition coefficient (Wildman–Crippen LogP) is 4.56. The summed E-state index contributed by atoms with van der Waals surface area (Å²) in [4.78, 5) is 32.3. The van der Waals surface area contributed by atoms with Crippen molar-refractivity contribution >= 4 is 22.7 Å². The van der Waals surface area contributed by atoms with Crippen molar-refractivity contribution in [3.05, 3.63) is 59.8 Å². The zero-order valence-corrected chi connectivity index (χ0v) is 24.4. The summed E-state index contributed by atoms with van der Waals surface area (Å²) >= 11 is 0. The molecule has 0 bridgehead atoms. The molecule has 214 valence electrons. The highest BCUT2D eigenvalue weighted by atomic mass is 16.5. The lowest BCUT2D eigenvalue weighted by molar-refractivity contribution is -0.133. The fourth-order valence-corrected chi connectivity index (χ4v) is 6.58. The lowest BCUT2D eigenvalue weighted by Crippen LogP contribution is -2.63. The Bertz CT molecular complexity index is 1370. The fourth-order valence-electron chi connectivity index (χ4n) is 6.58. The first-order valence-corrected chi connectivity index (χ1v) is 14.3. The van der Waals surface area contributed by atoms with Crippen LogP contribution in [0.3, 0.4) is 0 Å². The number of ether oxygens (including phenoxy) is 2. The van der Waals surface area contributed by atoms with E-state index in [1.54, 1.807) is 19.1 Å². The maximum Gasteiger partial charge on any atom is 0.271 e. The lowest BCUT2D eigenvalue weighted by atomic mass is 9.92. The quantitative estimate of drug-likeness (QED) is 0.399. The summed E-state index contributed by atoms with van der Waals surface area (Å²) < 4.78 is 13.0. The maximum absolute atomic E-state index is 14.1. The Morgan fingerprint density at radius 2 is 1.80 bits per heavy atom. The molecule has 0 saturated carbocycles. The van der Waals surface area contributed by atoms with Crippen LogP contribution in [-0.2, 0) is 17.9 Å². The molecule has 5 rings (SSSR count). The molecule has 0 radical (unpaired) electrons. The topological polar surface area (TPSA) is 76.0 Å². The van der Waals surface area contributed by atoms with Crippen molar-refractivity contribution in [2.75, 3.05) is 40.4 Å². The van der Waals surface area contributed by atoms with Crippen molar-refractivity contribution < 1.29 is 19.1 Å². The Hall–Kier alpha value is -3.52. The fraction of sp³-hybridized carbons (Fsp3) is 0.500. The van der Waals surface area contributed by atoms with Gasteiger partial charge in [-0.05, 0) is 62.4 Å². The molecule has 2 amide bonds. The third-order valence-corrected chi connectivity index (χ3v) is 8.53. The van der Waals surface area contributed by atoms with Crippen molar-refractivity contribution in [2.45, 2.75) is 52.2 Å². The minimum absolute atomic E-state index is 0.147. The number of fused-ring (bicyclic) bond motifs is 3. The van der Waals surface area contributed by atoms with Crippen molar-refractivity contribution in [1.29, 1.82) is 0 Å².